The minimum Gasteiger partial charge on any atom is -0.481 e. The van der Waals surface area contributed by atoms with Crippen LogP contribution < -0.4 is 15.4 Å². The molecule has 0 saturated carbocycles. The second kappa shape index (κ2) is 9.38. The van der Waals surface area contributed by atoms with Gasteiger partial charge in [-0.2, -0.15) is 0 Å². The summed E-state index contributed by atoms with van der Waals surface area (Å²) in [6.45, 7) is 3.40. The number of carbonyl (C=O) groups is 1. The maximum atomic E-state index is 11.7. The van der Waals surface area contributed by atoms with Crippen molar-refractivity contribution in [2.75, 3.05) is 40.3 Å². The summed E-state index contributed by atoms with van der Waals surface area (Å²) in [7, 11) is 3.44. The molecule has 1 unspecified atom stereocenters. The van der Waals surface area contributed by atoms with Crippen LogP contribution in [0.15, 0.2) is 23.2 Å². The Kier molecular flexibility index (Phi) is 7.48. The van der Waals surface area contributed by atoms with Crippen molar-refractivity contribution >= 4 is 35.8 Å². The lowest BCUT2D eigenvalue weighted by Crippen LogP contribution is -2.51. The first-order valence-electron chi connectivity index (χ1n) is 8.86. The summed E-state index contributed by atoms with van der Waals surface area (Å²) in [6.07, 6.45) is 3.63. The van der Waals surface area contributed by atoms with Gasteiger partial charge in [-0.1, -0.05) is 6.07 Å². The van der Waals surface area contributed by atoms with Crippen LogP contribution in [0.1, 0.15) is 25.0 Å². The van der Waals surface area contributed by atoms with Gasteiger partial charge >= 0.3 is 0 Å². The highest BCUT2D eigenvalue weighted by molar-refractivity contribution is 14.0. The molecule has 1 aromatic rings. The molecule has 3 heterocycles. The van der Waals surface area contributed by atoms with Crippen LogP contribution >= 0.6 is 24.0 Å². The van der Waals surface area contributed by atoms with E-state index in [1.54, 1.807) is 7.11 Å². The molecular weight excluding hydrogens is 445 g/mol. The lowest BCUT2D eigenvalue weighted by Gasteiger charge is -2.40. The third-order valence-electron chi connectivity index (χ3n) is 5.02. The first-order valence-corrected chi connectivity index (χ1v) is 8.86. The summed E-state index contributed by atoms with van der Waals surface area (Å²) in [5.74, 6) is 1.72. The molecule has 0 bridgehead atoms. The highest BCUT2D eigenvalue weighted by atomic mass is 127. The van der Waals surface area contributed by atoms with Gasteiger partial charge in [0.05, 0.1) is 7.11 Å². The summed E-state index contributed by atoms with van der Waals surface area (Å²) < 4.78 is 5.16. The number of guanidine groups is 1. The molecular formula is C18H28IN5O2. The van der Waals surface area contributed by atoms with Gasteiger partial charge in [-0.05, 0) is 18.9 Å². The molecule has 0 radical (unpaired) electrons. The average molecular weight is 473 g/mol. The standard InChI is InChI=1S/C18H27N5O2.HI/c1-19-17(20-9-7-14-5-3-6-16(22-14)25-2)23-10-4-8-18(13-23)11-15(24)21-12-18;/h3,5-6H,4,7-13H2,1-2H3,(H,19,20)(H,21,24);1H. The van der Waals surface area contributed by atoms with E-state index in [1.165, 1.54) is 0 Å². The Hall–Kier alpha value is -1.58. The molecule has 144 valence electrons. The molecule has 0 aromatic carbocycles. The molecule has 1 atom stereocenters. The number of hydrogen-bond acceptors (Lipinski definition) is 4. The molecule has 2 aliphatic rings. The summed E-state index contributed by atoms with van der Waals surface area (Å²) >= 11 is 0. The largest absolute Gasteiger partial charge is 0.481 e. The van der Waals surface area contributed by atoms with Crippen LogP contribution in [-0.4, -0.2) is 62.1 Å². The van der Waals surface area contributed by atoms with E-state index in [9.17, 15) is 4.79 Å². The Morgan fingerprint density at radius 2 is 2.35 bits per heavy atom. The van der Waals surface area contributed by atoms with Crippen molar-refractivity contribution in [3.8, 4) is 5.88 Å². The number of hydrogen-bond donors (Lipinski definition) is 2. The molecule has 2 aliphatic heterocycles. The fourth-order valence-electron chi connectivity index (χ4n) is 3.77. The number of methoxy groups -OCH3 is 1. The molecule has 1 spiro atoms. The lowest BCUT2D eigenvalue weighted by atomic mass is 9.79. The third-order valence-corrected chi connectivity index (χ3v) is 5.02. The van der Waals surface area contributed by atoms with Crippen molar-refractivity contribution in [3.05, 3.63) is 23.9 Å². The molecule has 0 aliphatic carbocycles. The van der Waals surface area contributed by atoms with Gasteiger partial charge in [-0.15, -0.1) is 24.0 Å². The zero-order valence-electron chi connectivity index (χ0n) is 15.5. The SMILES string of the molecule is CN=C(NCCc1cccc(OC)n1)N1CCCC2(CNC(=O)C2)C1.I. The fraction of sp³-hybridized carbons (Fsp3) is 0.611. The number of likely N-dealkylation sites (tertiary alicyclic amines) is 1. The molecule has 2 saturated heterocycles. The van der Waals surface area contributed by atoms with Crippen LogP contribution in [0.4, 0.5) is 0 Å². The smallest absolute Gasteiger partial charge is 0.220 e. The summed E-state index contributed by atoms with van der Waals surface area (Å²) in [5.41, 5.74) is 1.06. The molecule has 1 amide bonds. The van der Waals surface area contributed by atoms with Crippen molar-refractivity contribution in [1.29, 1.82) is 0 Å². The van der Waals surface area contributed by atoms with Crippen LogP contribution in [0.5, 0.6) is 5.88 Å². The number of carbonyl (C=O) groups excluding carboxylic acids is 1. The molecule has 2 fully saturated rings. The number of rotatable bonds is 4. The quantitative estimate of drug-likeness (QED) is 0.393. The minimum atomic E-state index is 0. The monoisotopic (exact) mass is 473 g/mol. The Morgan fingerprint density at radius 3 is 3.04 bits per heavy atom. The first kappa shape index (κ1) is 20.7. The van der Waals surface area contributed by atoms with E-state index in [0.29, 0.717) is 12.3 Å². The van der Waals surface area contributed by atoms with Crippen molar-refractivity contribution < 1.29 is 9.53 Å². The van der Waals surface area contributed by atoms with Crippen molar-refractivity contribution in [2.45, 2.75) is 25.7 Å². The first-order chi connectivity index (χ1) is 12.1. The van der Waals surface area contributed by atoms with Gasteiger partial charge < -0.3 is 20.3 Å². The van der Waals surface area contributed by atoms with Gasteiger partial charge in [0, 0.05) is 63.2 Å². The Morgan fingerprint density at radius 1 is 1.50 bits per heavy atom. The van der Waals surface area contributed by atoms with E-state index in [0.717, 1.165) is 57.1 Å². The van der Waals surface area contributed by atoms with Gasteiger partial charge in [0.15, 0.2) is 5.96 Å². The molecule has 8 heteroatoms. The second-order valence-corrected chi connectivity index (χ2v) is 6.87. The van der Waals surface area contributed by atoms with Crippen LogP contribution in [-0.2, 0) is 11.2 Å². The predicted molar refractivity (Wildman–Crippen MR) is 112 cm³/mol. The molecule has 1 aromatic heterocycles. The van der Waals surface area contributed by atoms with Crippen molar-refractivity contribution in [1.82, 2.24) is 20.5 Å². The van der Waals surface area contributed by atoms with E-state index in [1.807, 2.05) is 25.2 Å². The number of piperidine rings is 1. The van der Waals surface area contributed by atoms with E-state index >= 15 is 0 Å². The zero-order chi connectivity index (χ0) is 17.7. The number of nitrogens with one attached hydrogen (secondary N) is 2. The van der Waals surface area contributed by atoms with E-state index in [2.05, 4.69) is 25.5 Å². The maximum absolute atomic E-state index is 11.7. The van der Waals surface area contributed by atoms with E-state index in [-0.39, 0.29) is 35.3 Å². The lowest BCUT2D eigenvalue weighted by molar-refractivity contribution is -0.119. The van der Waals surface area contributed by atoms with Gasteiger partial charge in [-0.3, -0.25) is 9.79 Å². The Labute approximate surface area is 172 Å². The number of halogens is 1. The van der Waals surface area contributed by atoms with E-state index < -0.39 is 0 Å². The normalized spacial score (nSPS) is 22.8. The molecule has 3 rings (SSSR count). The van der Waals surface area contributed by atoms with Crippen molar-refractivity contribution in [3.63, 3.8) is 0 Å². The van der Waals surface area contributed by atoms with Crippen LogP contribution in [0.2, 0.25) is 0 Å². The molecule has 2 N–H and O–H groups in total. The minimum absolute atomic E-state index is 0. The van der Waals surface area contributed by atoms with Crippen LogP contribution in [0.25, 0.3) is 0 Å². The van der Waals surface area contributed by atoms with Crippen molar-refractivity contribution in [2.24, 2.45) is 10.4 Å². The maximum Gasteiger partial charge on any atom is 0.220 e. The highest BCUT2D eigenvalue weighted by Crippen LogP contribution is 2.35. The van der Waals surface area contributed by atoms with Crippen LogP contribution in [0.3, 0.4) is 0 Å². The topological polar surface area (TPSA) is 78.9 Å². The fourth-order valence-corrected chi connectivity index (χ4v) is 3.77. The third kappa shape index (κ3) is 4.99. The number of pyridine rings is 1. The van der Waals surface area contributed by atoms with Crippen LogP contribution in [0, 0.1) is 5.41 Å². The van der Waals surface area contributed by atoms with Gasteiger partial charge in [-0.25, -0.2) is 4.98 Å². The van der Waals surface area contributed by atoms with Gasteiger partial charge in [0.25, 0.3) is 0 Å². The number of aromatic nitrogens is 1. The predicted octanol–water partition coefficient (Wildman–Crippen LogP) is 1.43. The van der Waals surface area contributed by atoms with Gasteiger partial charge in [0.2, 0.25) is 11.8 Å². The Bertz CT molecular complexity index is 654. The average Bonchev–Trinajstić information content (AvgIpc) is 2.98. The number of amides is 1. The number of nitrogens with zero attached hydrogens (tertiary/aromatic N) is 3. The Balaban J connectivity index is 0.00000243. The molecule has 26 heavy (non-hydrogen) atoms. The molecule has 7 nitrogen and oxygen atoms in total. The highest BCUT2D eigenvalue weighted by Gasteiger charge is 2.42. The number of aliphatic imine (C=N–C) groups is 1. The van der Waals surface area contributed by atoms with Gasteiger partial charge in [0.1, 0.15) is 0 Å². The zero-order valence-corrected chi connectivity index (χ0v) is 17.8. The summed E-state index contributed by atoms with van der Waals surface area (Å²) in [5, 5.41) is 6.42. The van der Waals surface area contributed by atoms with E-state index in [4.69, 9.17) is 4.74 Å². The summed E-state index contributed by atoms with van der Waals surface area (Å²) in [4.78, 5) is 22.8. The summed E-state index contributed by atoms with van der Waals surface area (Å²) in [6, 6.07) is 5.80. The number of ether oxygens (including phenoxy) is 1. The second-order valence-electron chi connectivity index (χ2n) is 6.87.